The van der Waals surface area contributed by atoms with Crippen LogP contribution in [0.25, 0.3) is 0 Å². The zero-order valence-electron chi connectivity index (χ0n) is 30.7. The molecule has 3 N–H and O–H groups in total. The molecule has 1 aromatic heterocycles. The third-order valence-corrected chi connectivity index (χ3v) is 11.3. The first kappa shape index (κ1) is 37.1. The number of anilines is 5. The number of rotatable bonds is 14. The van der Waals surface area contributed by atoms with Gasteiger partial charge in [-0.2, -0.15) is 4.98 Å². The van der Waals surface area contributed by atoms with Crippen molar-refractivity contribution in [3.05, 3.63) is 78.0 Å². The maximum Gasteiger partial charge on any atom is 0.242 e. The molecule has 6 rings (SSSR count). The number of nitrogens with zero attached hydrogens (tertiary/aromatic N) is 5. The maximum atomic E-state index is 13.1. The van der Waals surface area contributed by atoms with E-state index < -0.39 is 10.0 Å². The van der Waals surface area contributed by atoms with Crippen LogP contribution in [-0.2, 0) is 16.4 Å². The molecule has 0 radical (unpaired) electrons. The standard InChI is InChI=1S/C38H50N8O5S/c1-6-40-52(47,48)36-10-8-7-9-33(36)42-37-28(21-27-22-31(49-3)25-32(23-27)50-4)26-39-38(43-37)41-29-11-12-34(35(24-29)51-5)46-15-13-30(14-16-46)45-19-17-44(2)18-20-45/h7-12,22-26,30,40H,6,13-21H2,1-5H3,(H2,39,41,42,43). The van der Waals surface area contributed by atoms with E-state index in [0.717, 1.165) is 80.4 Å². The highest BCUT2D eigenvalue weighted by atomic mass is 32.2. The van der Waals surface area contributed by atoms with Gasteiger partial charge in [-0.3, -0.25) is 4.90 Å². The summed E-state index contributed by atoms with van der Waals surface area (Å²) in [5, 5.41) is 6.64. The Hall–Kier alpha value is -4.63. The van der Waals surface area contributed by atoms with Crippen molar-refractivity contribution in [1.82, 2.24) is 24.5 Å². The number of sulfonamides is 1. The van der Waals surface area contributed by atoms with E-state index in [4.69, 9.17) is 19.2 Å². The van der Waals surface area contributed by atoms with E-state index in [1.807, 2.05) is 30.3 Å². The summed E-state index contributed by atoms with van der Waals surface area (Å²) in [4.78, 5) is 17.1. The van der Waals surface area contributed by atoms with E-state index in [9.17, 15) is 8.42 Å². The minimum atomic E-state index is -3.77. The zero-order valence-corrected chi connectivity index (χ0v) is 31.5. The molecule has 0 unspecified atom stereocenters. The van der Waals surface area contributed by atoms with Crippen molar-refractivity contribution in [2.75, 3.05) is 89.7 Å². The molecule has 0 bridgehead atoms. The first-order valence-electron chi connectivity index (χ1n) is 17.8. The number of hydrogen-bond acceptors (Lipinski definition) is 12. The molecule has 4 aromatic rings. The van der Waals surface area contributed by atoms with Gasteiger partial charge in [0.05, 0.1) is 32.7 Å². The third kappa shape index (κ3) is 8.87. The Morgan fingerprint density at radius 1 is 0.846 bits per heavy atom. The number of aromatic nitrogens is 2. The van der Waals surface area contributed by atoms with Crippen LogP contribution >= 0.6 is 0 Å². The molecule has 2 aliphatic heterocycles. The van der Waals surface area contributed by atoms with E-state index in [2.05, 4.69) is 48.2 Å². The molecule has 3 heterocycles. The number of piperidine rings is 1. The molecule has 52 heavy (non-hydrogen) atoms. The number of hydrogen-bond donors (Lipinski definition) is 3. The molecule has 13 nitrogen and oxygen atoms in total. The Labute approximate surface area is 307 Å². The van der Waals surface area contributed by atoms with Crippen molar-refractivity contribution >= 4 is 38.9 Å². The van der Waals surface area contributed by atoms with Crippen LogP contribution in [0.4, 0.5) is 28.8 Å². The fraction of sp³-hybridized carbons (Fsp3) is 0.421. The van der Waals surface area contributed by atoms with Gasteiger partial charge in [-0.15, -0.1) is 0 Å². The lowest BCUT2D eigenvalue weighted by Gasteiger charge is -2.42. The summed E-state index contributed by atoms with van der Waals surface area (Å²) < 4.78 is 45.7. The van der Waals surface area contributed by atoms with Crippen LogP contribution in [0.5, 0.6) is 17.2 Å². The van der Waals surface area contributed by atoms with Crippen LogP contribution < -0.4 is 34.5 Å². The predicted molar refractivity (Wildman–Crippen MR) is 206 cm³/mol. The van der Waals surface area contributed by atoms with E-state index in [0.29, 0.717) is 41.4 Å². The average Bonchev–Trinajstić information content (AvgIpc) is 3.16. The molecule has 0 aliphatic carbocycles. The number of methoxy groups -OCH3 is 3. The second-order valence-corrected chi connectivity index (χ2v) is 14.9. The molecule has 2 fully saturated rings. The van der Waals surface area contributed by atoms with Gasteiger partial charge < -0.3 is 34.6 Å². The Balaban J connectivity index is 1.25. The van der Waals surface area contributed by atoms with Crippen molar-refractivity contribution in [1.29, 1.82) is 0 Å². The number of ether oxygens (including phenoxy) is 3. The molecule has 14 heteroatoms. The summed E-state index contributed by atoms with van der Waals surface area (Å²) in [6.07, 6.45) is 4.42. The number of likely N-dealkylation sites (N-methyl/N-ethyl adjacent to an activating group) is 1. The quantitative estimate of drug-likeness (QED) is 0.160. The number of para-hydroxylation sites is 1. The molecule has 0 atom stereocenters. The molecule has 0 saturated carbocycles. The lowest BCUT2D eigenvalue weighted by atomic mass is 10.0. The van der Waals surface area contributed by atoms with Crippen molar-refractivity contribution in [3.8, 4) is 17.2 Å². The van der Waals surface area contributed by atoms with Gasteiger partial charge in [0.2, 0.25) is 16.0 Å². The summed E-state index contributed by atoms with van der Waals surface area (Å²) in [6.45, 7) is 8.51. The molecule has 2 aliphatic rings. The van der Waals surface area contributed by atoms with Crippen molar-refractivity contribution in [2.24, 2.45) is 0 Å². The van der Waals surface area contributed by atoms with E-state index >= 15 is 0 Å². The number of nitrogens with one attached hydrogen (secondary N) is 3. The fourth-order valence-corrected chi connectivity index (χ4v) is 8.10. The minimum Gasteiger partial charge on any atom is -0.497 e. The summed E-state index contributed by atoms with van der Waals surface area (Å²) in [7, 11) is 3.34. The molecular weight excluding hydrogens is 681 g/mol. The third-order valence-electron chi connectivity index (χ3n) is 9.73. The maximum absolute atomic E-state index is 13.1. The van der Waals surface area contributed by atoms with Crippen LogP contribution in [0.15, 0.2) is 71.8 Å². The molecule has 0 amide bonds. The Morgan fingerprint density at radius 2 is 1.56 bits per heavy atom. The largest absolute Gasteiger partial charge is 0.497 e. The second-order valence-electron chi connectivity index (χ2n) is 13.2. The Kier molecular flexibility index (Phi) is 12.0. The molecular formula is C38H50N8O5S. The summed E-state index contributed by atoms with van der Waals surface area (Å²) in [5.74, 6) is 2.87. The van der Waals surface area contributed by atoms with Gasteiger partial charge in [-0.1, -0.05) is 19.1 Å². The van der Waals surface area contributed by atoms with Gasteiger partial charge >= 0.3 is 0 Å². The lowest BCUT2D eigenvalue weighted by Crippen LogP contribution is -2.52. The fourth-order valence-electron chi connectivity index (χ4n) is 6.90. The van der Waals surface area contributed by atoms with E-state index in [1.165, 1.54) is 0 Å². The van der Waals surface area contributed by atoms with Crippen molar-refractivity contribution in [3.63, 3.8) is 0 Å². The molecule has 0 spiro atoms. The highest BCUT2D eigenvalue weighted by Gasteiger charge is 2.28. The Morgan fingerprint density at radius 3 is 2.23 bits per heavy atom. The summed E-state index contributed by atoms with van der Waals surface area (Å²) in [5.41, 5.74) is 3.87. The topological polar surface area (TPSA) is 133 Å². The van der Waals surface area contributed by atoms with Crippen molar-refractivity contribution in [2.45, 2.75) is 37.1 Å². The van der Waals surface area contributed by atoms with Crippen LogP contribution in [0.2, 0.25) is 0 Å². The van der Waals surface area contributed by atoms with Gasteiger partial charge in [0, 0.05) is 87.9 Å². The number of piperazine rings is 1. The molecule has 2 saturated heterocycles. The highest BCUT2D eigenvalue weighted by Crippen LogP contribution is 2.35. The van der Waals surface area contributed by atoms with Crippen LogP contribution in [0.1, 0.15) is 30.9 Å². The smallest absolute Gasteiger partial charge is 0.242 e. The number of benzene rings is 3. The van der Waals surface area contributed by atoms with Gasteiger partial charge in [0.15, 0.2) is 0 Å². The monoisotopic (exact) mass is 730 g/mol. The summed E-state index contributed by atoms with van der Waals surface area (Å²) >= 11 is 0. The van der Waals surface area contributed by atoms with Gasteiger partial charge in [-0.25, -0.2) is 18.1 Å². The zero-order chi connectivity index (χ0) is 36.7. The molecule has 3 aromatic carbocycles. The summed E-state index contributed by atoms with van der Waals surface area (Å²) in [6, 6.07) is 19.1. The highest BCUT2D eigenvalue weighted by molar-refractivity contribution is 7.89. The normalized spacial score (nSPS) is 16.1. The lowest BCUT2D eigenvalue weighted by molar-refractivity contribution is 0.0981. The first-order valence-corrected chi connectivity index (χ1v) is 19.2. The average molecular weight is 731 g/mol. The minimum absolute atomic E-state index is 0.117. The van der Waals surface area contributed by atoms with E-state index in [-0.39, 0.29) is 11.4 Å². The van der Waals surface area contributed by atoms with Gasteiger partial charge in [0.1, 0.15) is 28.0 Å². The predicted octanol–water partition coefficient (Wildman–Crippen LogP) is 5.09. The Bertz CT molecular complexity index is 1910. The van der Waals surface area contributed by atoms with Crippen LogP contribution in [0.3, 0.4) is 0 Å². The second kappa shape index (κ2) is 16.8. The van der Waals surface area contributed by atoms with Crippen molar-refractivity contribution < 1.29 is 22.6 Å². The van der Waals surface area contributed by atoms with Gasteiger partial charge in [0.25, 0.3) is 0 Å². The van der Waals surface area contributed by atoms with Crippen LogP contribution in [0, 0.1) is 0 Å². The van der Waals surface area contributed by atoms with E-state index in [1.54, 1.807) is 58.7 Å². The van der Waals surface area contributed by atoms with Crippen LogP contribution in [-0.4, -0.2) is 108 Å². The SMILES string of the molecule is CCNS(=O)(=O)c1ccccc1Nc1nc(Nc2ccc(N3CCC(N4CCN(C)CC4)CC3)c(OC)c2)ncc1Cc1cc(OC)cc(OC)c1. The van der Waals surface area contributed by atoms with Gasteiger partial charge in [-0.05, 0) is 61.9 Å². The molecule has 278 valence electrons. The first-order chi connectivity index (χ1) is 25.2.